The lowest BCUT2D eigenvalue weighted by atomic mass is 9.86. The van der Waals surface area contributed by atoms with Gasteiger partial charge in [-0.3, -0.25) is 19.3 Å². The van der Waals surface area contributed by atoms with E-state index in [0.29, 0.717) is 26.1 Å². The number of pyridine rings is 1. The van der Waals surface area contributed by atoms with Crippen LogP contribution < -0.4 is 10.9 Å². The number of hydrogen-bond acceptors (Lipinski definition) is 4. The number of carbonyl (C=O) groups is 2. The highest BCUT2D eigenvalue weighted by atomic mass is 16.2. The summed E-state index contributed by atoms with van der Waals surface area (Å²) in [6.45, 7) is 2.75. The number of amides is 2. The molecule has 0 saturated carbocycles. The van der Waals surface area contributed by atoms with Gasteiger partial charge in [0, 0.05) is 50.4 Å². The average molecular weight is 332 g/mol. The summed E-state index contributed by atoms with van der Waals surface area (Å²) in [6, 6.07) is 4.88. The van der Waals surface area contributed by atoms with Crippen molar-refractivity contribution in [2.45, 2.75) is 31.3 Å². The van der Waals surface area contributed by atoms with Crippen molar-refractivity contribution in [2.24, 2.45) is 0 Å². The van der Waals surface area contributed by atoms with Crippen LogP contribution in [0.15, 0.2) is 29.2 Å². The van der Waals surface area contributed by atoms with Gasteiger partial charge in [0.1, 0.15) is 6.54 Å². The summed E-state index contributed by atoms with van der Waals surface area (Å²) >= 11 is 0. The summed E-state index contributed by atoms with van der Waals surface area (Å²) in [6.07, 6.45) is 3.72. The fourth-order valence-electron chi connectivity index (χ4n) is 3.65. The molecule has 2 fully saturated rings. The third kappa shape index (κ3) is 3.36. The van der Waals surface area contributed by atoms with Gasteiger partial charge in [0.25, 0.3) is 5.56 Å². The van der Waals surface area contributed by atoms with Gasteiger partial charge in [0.05, 0.1) is 0 Å². The number of aromatic nitrogens is 1. The first-order chi connectivity index (χ1) is 11.5. The maximum atomic E-state index is 12.7. The molecule has 0 radical (unpaired) electrons. The molecular formula is C17H24N4O3. The smallest absolute Gasteiger partial charge is 0.250 e. The molecule has 1 aromatic rings. The van der Waals surface area contributed by atoms with Crippen LogP contribution in [0, 0.1) is 0 Å². The summed E-state index contributed by atoms with van der Waals surface area (Å²) in [7, 11) is 2.07. The summed E-state index contributed by atoms with van der Waals surface area (Å²) in [5.41, 5.74) is -0.326. The van der Waals surface area contributed by atoms with Crippen LogP contribution in [0.3, 0.4) is 0 Å². The van der Waals surface area contributed by atoms with Crippen LogP contribution >= 0.6 is 0 Å². The van der Waals surface area contributed by atoms with E-state index in [1.54, 1.807) is 18.3 Å². The van der Waals surface area contributed by atoms with Gasteiger partial charge >= 0.3 is 0 Å². The predicted molar refractivity (Wildman–Crippen MR) is 89.5 cm³/mol. The molecule has 7 nitrogen and oxygen atoms in total. The largest absolute Gasteiger partial charge is 0.356 e. The van der Waals surface area contributed by atoms with E-state index < -0.39 is 0 Å². The Morgan fingerprint density at radius 1 is 1.25 bits per heavy atom. The minimum absolute atomic E-state index is 0.0423. The number of nitrogens with one attached hydrogen (secondary N) is 1. The van der Waals surface area contributed by atoms with E-state index in [4.69, 9.17) is 0 Å². The number of hydrogen-bond donors (Lipinski definition) is 1. The quantitative estimate of drug-likeness (QED) is 0.804. The molecule has 7 heteroatoms. The molecule has 0 aromatic carbocycles. The Morgan fingerprint density at radius 2 is 2.08 bits per heavy atom. The molecule has 2 amide bonds. The predicted octanol–water partition coefficient (Wildman–Crippen LogP) is -0.339. The molecule has 2 aliphatic rings. The van der Waals surface area contributed by atoms with E-state index in [2.05, 4.69) is 17.3 Å². The van der Waals surface area contributed by atoms with Gasteiger partial charge < -0.3 is 14.8 Å². The Morgan fingerprint density at radius 3 is 2.88 bits per heavy atom. The van der Waals surface area contributed by atoms with Crippen molar-refractivity contribution < 1.29 is 9.59 Å². The second-order valence-corrected chi connectivity index (χ2v) is 6.73. The molecule has 2 aliphatic heterocycles. The first-order valence-electron chi connectivity index (χ1n) is 8.41. The van der Waals surface area contributed by atoms with Gasteiger partial charge in [0.15, 0.2) is 0 Å². The lowest BCUT2D eigenvalue weighted by Crippen LogP contribution is -2.62. The highest BCUT2D eigenvalue weighted by Crippen LogP contribution is 2.30. The van der Waals surface area contributed by atoms with Gasteiger partial charge in [-0.15, -0.1) is 0 Å². The van der Waals surface area contributed by atoms with E-state index >= 15 is 0 Å². The number of rotatable bonds is 2. The molecular weight excluding hydrogens is 308 g/mol. The van der Waals surface area contributed by atoms with Crippen LogP contribution in [0.2, 0.25) is 0 Å². The van der Waals surface area contributed by atoms with Crippen molar-refractivity contribution in [1.29, 1.82) is 0 Å². The third-order valence-electron chi connectivity index (χ3n) is 5.29. The molecule has 0 bridgehead atoms. The van der Waals surface area contributed by atoms with Gasteiger partial charge in [-0.25, -0.2) is 0 Å². The highest BCUT2D eigenvalue weighted by molar-refractivity contribution is 5.77. The summed E-state index contributed by atoms with van der Waals surface area (Å²) < 4.78 is 1.44. The van der Waals surface area contributed by atoms with Crippen LogP contribution in [0.1, 0.15) is 19.3 Å². The topological polar surface area (TPSA) is 74.7 Å². The maximum Gasteiger partial charge on any atom is 0.250 e. The summed E-state index contributed by atoms with van der Waals surface area (Å²) in [5, 5.41) is 2.91. The van der Waals surface area contributed by atoms with Crippen LogP contribution in [0.4, 0.5) is 0 Å². The monoisotopic (exact) mass is 332 g/mol. The number of piperazine rings is 1. The fourth-order valence-corrected chi connectivity index (χ4v) is 3.65. The molecule has 0 aliphatic carbocycles. The van der Waals surface area contributed by atoms with Crippen LogP contribution in [0.5, 0.6) is 0 Å². The first kappa shape index (κ1) is 16.7. The molecule has 1 aromatic heterocycles. The van der Waals surface area contributed by atoms with Crippen LogP contribution in [0.25, 0.3) is 0 Å². The van der Waals surface area contributed by atoms with E-state index in [9.17, 15) is 14.4 Å². The van der Waals surface area contributed by atoms with Crippen LogP contribution in [-0.4, -0.2) is 64.9 Å². The first-order valence-corrected chi connectivity index (χ1v) is 8.41. The Balaban J connectivity index is 1.73. The SMILES string of the molecule is CN1CCN(C(=O)Cn2ccccc2=O)C[C@]12CCNC(=O)CC2. The average Bonchev–Trinajstić information content (AvgIpc) is 2.75. The Bertz CT molecular complexity index is 686. The molecule has 24 heavy (non-hydrogen) atoms. The molecule has 3 heterocycles. The van der Waals surface area contributed by atoms with Gasteiger partial charge in [-0.2, -0.15) is 0 Å². The fraction of sp³-hybridized carbons (Fsp3) is 0.588. The zero-order valence-electron chi connectivity index (χ0n) is 14.0. The lowest BCUT2D eigenvalue weighted by Gasteiger charge is -2.49. The highest BCUT2D eigenvalue weighted by Gasteiger charge is 2.42. The molecule has 130 valence electrons. The minimum Gasteiger partial charge on any atom is -0.356 e. The second kappa shape index (κ2) is 6.76. The van der Waals surface area contributed by atoms with Gasteiger partial charge in [-0.05, 0) is 26.0 Å². The second-order valence-electron chi connectivity index (χ2n) is 6.73. The van der Waals surface area contributed by atoms with Crippen LogP contribution in [-0.2, 0) is 16.1 Å². The lowest BCUT2D eigenvalue weighted by molar-refractivity contribution is -0.137. The zero-order chi connectivity index (χ0) is 17.2. The molecule has 1 N–H and O–H groups in total. The van der Waals surface area contributed by atoms with E-state index in [1.807, 2.05) is 4.90 Å². The Hall–Kier alpha value is -2.15. The van der Waals surface area contributed by atoms with Gasteiger partial charge in [-0.1, -0.05) is 6.07 Å². The van der Waals surface area contributed by atoms with Crippen molar-refractivity contribution in [2.75, 3.05) is 33.2 Å². The van der Waals surface area contributed by atoms with Crippen molar-refractivity contribution in [3.8, 4) is 0 Å². The summed E-state index contributed by atoms with van der Waals surface area (Å²) in [5.74, 6) is 0.0406. The standard InChI is InChI=1S/C17H24N4O3/c1-19-10-11-21(13-17(19)6-5-14(22)18-8-7-17)16(24)12-20-9-3-2-4-15(20)23/h2-4,9H,5-8,10-13H2,1H3,(H,18,22)/t17-/m0/s1. The van der Waals surface area contributed by atoms with Crippen molar-refractivity contribution >= 4 is 11.8 Å². The van der Waals surface area contributed by atoms with Crippen molar-refractivity contribution in [1.82, 2.24) is 19.7 Å². The Labute approximate surface area is 141 Å². The number of nitrogens with zero attached hydrogens (tertiary/aromatic N) is 3. The number of likely N-dealkylation sites (N-methyl/N-ethyl adjacent to an activating group) is 1. The molecule has 3 rings (SSSR count). The maximum absolute atomic E-state index is 12.7. The molecule has 1 atom stereocenters. The molecule has 1 spiro atoms. The third-order valence-corrected chi connectivity index (χ3v) is 5.29. The molecule has 0 unspecified atom stereocenters. The number of carbonyl (C=O) groups excluding carboxylic acids is 2. The van der Waals surface area contributed by atoms with Crippen molar-refractivity contribution in [3.05, 3.63) is 34.7 Å². The normalized spacial score (nSPS) is 25.4. The van der Waals surface area contributed by atoms with Gasteiger partial charge in [0.2, 0.25) is 11.8 Å². The zero-order valence-corrected chi connectivity index (χ0v) is 14.0. The Kier molecular flexibility index (Phi) is 4.71. The van der Waals surface area contributed by atoms with E-state index in [-0.39, 0.29) is 29.5 Å². The van der Waals surface area contributed by atoms with Crippen molar-refractivity contribution in [3.63, 3.8) is 0 Å². The molecule has 2 saturated heterocycles. The van der Waals surface area contributed by atoms with E-state index in [1.165, 1.54) is 10.6 Å². The van der Waals surface area contributed by atoms with E-state index in [0.717, 1.165) is 19.4 Å². The summed E-state index contributed by atoms with van der Waals surface area (Å²) in [4.78, 5) is 40.3. The minimum atomic E-state index is -0.168.